The standard InChI is InChI=1S/C16H18N4OS3/c1-3-8-20-14(21)12-9-6-5-7-10(9)22-13(12)18-15(20)23-16-17-11(4-2)19-24-16/h3-8H2,1-2H3. The van der Waals surface area contributed by atoms with Crippen LogP contribution in [0.4, 0.5) is 0 Å². The first-order chi connectivity index (χ1) is 11.7. The molecule has 0 aromatic carbocycles. The number of nitrogens with zero attached hydrogens (tertiary/aromatic N) is 4. The minimum absolute atomic E-state index is 0.115. The second kappa shape index (κ2) is 6.57. The van der Waals surface area contributed by atoms with Gasteiger partial charge in [-0.25, -0.2) is 9.97 Å². The zero-order chi connectivity index (χ0) is 16.7. The number of hydrogen-bond donors (Lipinski definition) is 0. The topological polar surface area (TPSA) is 60.7 Å². The molecule has 0 fully saturated rings. The second-order valence-corrected chi connectivity index (χ2v) is 8.87. The van der Waals surface area contributed by atoms with E-state index in [-0.39, 0.29) is 5.56 Å². The summed E-state index contributed by atoms with van der Waals surface area (Å²) in [6.07, 6.45) is 4.99. The van der Waals surface area contributed by atoms with E-state index in [0.717, 1.165) is 57.6 Å². The van der Waals surface area contributed by atoms with Gasteiger partial charge in [0.15, 0.2) is 9.50 Å². The van der Waals surface area contributed by atoms with Crippen molar-refractivity contribution < 1.29 is 0 Å². The molecule has 4 rings (SSSR count). The molecule has 3 aromatic rings. The predicted molar refractivity (Wildman–Crippen MR) is 99.6 cm³/mol. The van der Waals surface area contributed by atoms with Gasteiger partial charge in [0.05, 0.1) is 5.39 Å². The van der Waals surface area contributed by atoms with Gasteiger partial charge in [0.25, 0.3) is 5.56 Å². The molecule has 0 bridgehead atoms. The molecule has 1 aliphatic rings. The van der Waals surface area contributed by atoms with Crippen molar-refractivity contribution >= 4 is 44.8 Å². The normalized spacial score (nSPS) is 13.8. The van der Waals surface area contributed by atoms with E-state index >= 15 is 0 Å². The molecule has 8 heteroatoms. The van der Waals surface area contributed by atoms with Crippen LogP contribution in [0.3, 0.4) is 0 Å². The van der Waals surface area contributed by atoms with E-state index in [2.05, 4.69) is 16.3 Å². The van der Waals surface area contributed by atoms with Crippen molar-refractivity contribution in [1.82, 2.24) is 18.9 Å². The zero-order valence-electron chi connectivity index (χ0n) is 13.7. The predicted octanol–water partition coefficient (Wildman–Crippen LogP) is 3.92. The summed E-state index contributed by atoms with van der Waals surface area (Å²) in [7, 11) is 0. The zero-order valence-corrected chi connectivity index (χ0v) is 16.1. The highest BCUT2D eigenvalue weighted by atomic mass is 32.2. The van der Waals surface area contributed by atoms with E-state index in [4.69, 9.17) is 4.98 Å². The molecule has 0 atom stereocenters. The fourth-order valence-electron chi connectivity index (χ4n) is 3.06. The van der Waals surface area contributed by atoms with Gasteiger partial charge in [0, 0.05) is 17.8 Å². The van der Waals surface area contributed by atoms with Crippen LogP contribution in [0.15, 0.2) is 14.3 Å². The Labute approximate surface area is 152 Å². The van der Waals surface area contributed by atoms with Crippen LogP contribution >= 0.6 is 34.6 Å². The van der Waals surface area contributed by atoms with E-state index in [9.17, 15) is 4.79 Å². The third-order valence-electron chi connectivity index (χ3n) is 4.18. The summed E-state index contributed by atoms with van der Waals surface area (Å²) in [5.74, 6) is 0.850. The molecule has 0 saturated heterocycles. The molecule has 0 radical (unpaired) electrons. The Balaban J connectivity index is 1.84. The van der Waals surface area contributed by atoms with Crippen LogP contribution in [0.25, 0.3) is 10.2 Å². The lowest BCUT2D eigenvalue weighted by Crippen LogP contribution is -2.23. The largest absolute Gasteiger partial charge is 0.287 e. The Kier molecular flexibility index (Phi) is 4.44. The number of fused-ring (bicyclic) bond motifs is 3. The third kappa shape index (κ3) is 2.70. The molecule has 0 N–H and O–H groups in total. The monoisotopic (exact) mass is 378 g/mol. The number of thiophene rings is 1. The summed E-state index contributed by atoms with van der Waals surface area (Å²) in [4.78, 5) is 24.7. The second-order valence-electron chi connectivity index (χ2n) is 5.82. The lowest BCUT2D eigenvalue weighted by molar-refractivity contribution is 0.585. The van der Waals surface area contributed by atoms with Crippen LogP contribution in [0.2, 0.25) is 0 Å². The maximum atomic E-state index is 13.1. The molecule has 0 aliphatic heterocycles. The summed E-state index contributed by atoms with van der Waals surface area (Å²) in [6.45, 7) is 4.82. The van der Waals surface area contributed by atoms with E-state index < -0.39 is 0 Å². The molecular weight excluding hydrogens is 360 g/mol. The van der Waals surface area contributed by atoms with Gasteiger partial charge in [-0.15, -0.1) is 11.3 Å². The van der Waals surface area contributed by atoms with Crippen LogP contribution in [0, 0.1) is 0 Å². The minimum Gasteiger partial charge on any atom is -0.287 e. The highest BCUT2D eigenvalue weighted by Gasteiger charge is 2.23. The van der Waals surface area contributed by atoms with Crippen molar-refractivity contribution in [3.05, 3.63) is 26.6 Å². The number of hydrogen-bond acceptors (Lipinski definition) is 7. The van der Waals surface area contributed by atoms with E-state index in [1.807, 2.05) is 11.5 Å². The van der Waals surface area contributed by atoms with Crippen LogP contribution < -0.4 is 5.56 Å². The first-order valence-corrected chi connectivity index (χ1v) is 10.7. The molecule has 5 nitrogen and oxygen atoms in total. The number of rotatable bonds is 5. The van der Waals surface area contributed by atoms with Crippen molar-refractivity contribution in [3.63, 3.8) is 0 Å². The Morgan fingerprint density at radius 2 is 2.12 bits per heavy atom. The quantitative estimate of drug-likeness (QED) is 0.630. The first-order valence-electron chi connectivity index (χ1n) is 8.26. The van der Waals surface area contributed by atoms with Gasteiger partial charge in [0.1, 0.15) is 10.7 Å². The van der Waals surface area contributed by atoms with Gasteiger partial charge in [-0.2, -0.15) is 4.37 Å². The maximum absolute atomic E-state index is 13.1. The average molecular weight is 379 g/mol. The van der Waals surface area contributed by atoms with Crippen LogP contribution in [0.1, 0.15) is 43.0 Å². The molecule has 3 heterocycles. The first kappa shape index (κ1) is 16.2. The molecule has 1 aliphatic carbocycles. The van der Waals surface area contributed by atoms with Gasteiger partial charge in [-0.3, -0.25) is 9.36 Å². The lowest BCUT2D eigenvalue weighted by atomic mass is 10.2. The summed E-state index contributed by atoms with van der Waals surface area (Å²) >= 11 is 4.54. The molecule has 0 saturated carbocycles. The molecule has 126 valence electrons. The van der Waals surface area contributed by atoms with Gasteiger partial charge < -0.3 is 0 Å². The van der Waals surface area contributed by atoms with Crippen molar-refractivity contribution in [2.24, 2.45) is 0 Å². The fraction of sp³-hybridized carbons (Fsp3) is 0.500. The van der Waals surface area contributed by atoms with E-state index in [0.29, 0.717) is 6.54 Å². The van der Waals surface area contributed by atoms with Crippen LogP contribution in [0.5, 0.6) is 0 Å². The Morgan fingerprint density at radius 3 is 2.88 bits per heavy atom. The van der Waals surface area contributed by atoms with E-state index in [1.165, 1.54) is 33.7 Å². The maximum Gasteiger partial charge on any atom is 0.263 e. The average Bonchev–Trinajstić information content (AvgIpc) is 3.26. The molecule has 0 amide bonds. The van der Waals surface area contributed by atoms with Gasteiger partial charge in [0.2, 0.25) is 0 Å². The van der Waals surface area contributed by atoms with Gasteiger partial charge >= 0.3 is 0 Å². The SMILES string of the molecule is CCCn1c(Sc2nc(CC)ns2)nc2sc3c(c2c1=O)CCC3. The summed E-state index contributed by atoms with van der Waals surface area (Å²) in [6, 6.07) is 0. The number of aryl methyl sites for hydroxylation is 3. The molecular formula is C16H18N4OS3. The Hall–Kier alpha value is -1.25. The molecule has 0 spiro atoms. The molecule has 0 unspecified atom stereocenters. The summed E-state index contributed by atoms with van der Waals surface area (Å²) in [5, 5.41) is 1.60. The Morgan fingerprint density at radius 1 is 1.25 bits per heavy atom. The fourth-order valence-corrected chi connectivity index (χ4v) is 6.08. The van der Waals surface area contributed by atoms with Crippen molar-refractivity contribution in [2.75, 3.05) is 0 Å². The highest BCUT2D eigenvalue weighted by Crippen LogP contribution is 2.36. The van der Waals surface area contributed by atoms with E-state index in [1.54, 1.807) is 11.3 Å². The van der Waals surface area contributed by atoms with Crippen molar-refractivity contribution in [1.29, 1.82) is 0 Å². The third-order valence-corrected chi connectivity index (χ3v) is 7.15. The molecule has 3 aromatic heterocycles. The number of aromatic nitrogens is 4. The Bertz CT molecular complexity index is 956. The van der Waals surface area contributed by atoms with Gasteiger partial charge in [-0.1, -0.05) is 13.8 Å². The van der Waals surface area contributed by atoms with Gasteiger partial charge in [-0.05, 0) is 54.5 Å². The van der Waals surface area contributed by atoms with Crippen LogP contribution in [-0.4, -0.2) is 18.9 Å². The highest BCUT2D eigenvalue weighted by molar-refractivity contribution is 8.00. The molecule has 24 heavy (non-hydrogen) atoms. The van der Waals surface area contributed by atoms with Crippen molar-refractivity contribution in [3.8, 4) is 0 Å². The van der Waals surface area contributed by atoms with Crippen molar-refractivity contribution in [2.45, 2.75) is 62.0 Å². The van der Waals surface area contributed by atoms with Crippen LogP contribution in [-0.2, 0) is 25.8 Å². The minimum atomic E-state index is 0.115. The summed E-state index contributed by atoms with van der Waals surface area (Å²) in [5.41, 5.74) is 1.36. The lowest BCUT2D eigenvalue weighted by Gasteiger charge is -2.10. The summed E-state index contributed by atoms with van der Waals surface area (Å²) < 4.78 is 7.01. The smallest absolute Gasteiger partial charge is 0.263 e.